The van der Waals surface area contributed by atoms with Crippen molar-refractivity contribution in [3.63, 3.8) is 0 Å². The maximum atomic E-state index is 12.6. The molecule has 2 aliphatic rings. The van der Waals surface area contributed by atoms with Gasteiger partial charge in [-0.05, 0) is 0 Å². The second-order valence-electron chi connectivity index (χ2n) is 5.42. The number of esters is 2. The Labute approximate surface area is 174 Å². The van der Waals surface area contributed by atoms with Crippen molar-refractivity contribution in [2.24, 2.45) is 11.8 Å². The van der Waals surface area contributed by atoms with Gasteiger partial charge in [0.05, 0.1) is 21.9 Å². The number of halogens is 6. The lowest BCUT2D eigenvalue weighted by atomic mass is 9.82. The molecule has 0 aromatic heterocycles. The van der Waals surface area contributed by atoms with Crippen LogP contribution in [0.5, 0.6) is 0 Å². The summed E-state index contributed by atoms with van der Waals surface area (Å²) in [6.07, 6.45) is 2.68. The molecule has 2 bridgehead atoms. The molecular weight excluding hydrogens is 457 g/mol. The highest BCUT2D eigenvalue weighted by Crippen LogP contribution is 2.76. The van der Waals surface area contributed by atoms with Gasteiger partial charge in [0, 0.05) is 0 Å². The maximum Gasteiger partial charge on any atom is 0.312 e. The number of allylic oxidation sites excluding steroid dienone is 2. The Hall–Kier alpha value is -0.1000. The van der Waals surface area contributed by atoms with E-state index in [9.17, 15) is 9.59 Å². The first-order valence-corrected chi connectivity index (χ1v) is 9.17. The number of rotatable bonds is 6. The molecule has 1 fully saturated rings. The Morgan fingerprint density at radius 1 is 0.880 bits per heavy atom. The molecule has 0 saturated heterocycles. The molecule has 10 heteroatoms. The van der Waals surface area contributed by atoms with E-state index in [0.717, 1.165) is 0 Å². The van der Waals surface area contributed by atoms with Gasteiger partial charge in [-0.3, -0.25) is 9.59 Å². The fraction of sp³-hybridized carbons (Fsp3) is 0.467. The Balaban J connectivity index is 2.62. The fourth-order valence-corrected chi connectivity index (χ4v) is 5.96. The molecule has 0 aliphatic heterocycles. The summed E-state index contributed by atoms with van der Waals surface area (Å²) < 4.78 is 7.98. The van der Waals surface area contributed by atoms with Crippen LogP contribution in [0.4, 0.5) is 0 Å². The number of hydrogen-bond acceptors (Lipinski definition) is 4. The molecule has 0 N–H and O–H groups in total. The highest BCUT2D eigenvalue weighted by atomic mass is 35.5. The van der Waals surface area contributed by atoms with Crippen molar-refractivity contribution in [1.29, 1.82) is 0 Å². The van der Waals surface area contributed by atoms with E-state index in [4.69, 9.17) is 79.1 Å². The minimum Gasteiger partial charge on any atom is -0.461 e. The normalized spacial score (nSPS) is 35.4. The van der Waals surface area contributed by atoms with Crippen molar-refractivity contribution >= 4 is 81.5 Å². The summed E-state index contributed by atoms with van der Waals surface area (Å²) in [4.78, 5) is 21.2. The Morgan fingerprint density at radius 3 is 1.48 bits per heavy atom. The molecule has 25 heavy (non-hydrogen) atoms. The van der Waals surface area contributed by atoms with Gasteiger partial charge in [-0.2, -0.15) is 0 Å². The summed E-state index contributed by atoms with van der Waals surface area (Å²) in [6, 6.07) is 0. The molecule has 138 valence electrons. The van der Waals surface area contributed by atoms with Gasteiger partial charge in [0.1, 0.15) is 23.0 Å². The lowest BCUT2D eigenvalue weighted by Gasteiger charge is -2.33. The van der Waals surface area contributed by atoms with E-state index >= 15 is 0 Å². The van der Waals surface area contributed by atoms with Crippen LogP contribution in [0.2, 0.25) is 0 Å². The summed E-state index contributed by atoms with van der Waals surface area (Å²) in [6.45, 7) is 6.63. The first-order chi connectivity index (χ1) is 11.5. The van der Waals surface area contributed by atoms with Gasteiger partial charge in [-0.25, -0.2) is 0 Å². The van der Waals surface area contributed by atoms with Crippen LogP contribution in [-0.2, 0) is 19.1 Å². The minimum atomic E-state index is -2.08. The van der Waals surface area contributed by atoms with Crippen molar-refractivity contribution in [1.82, 2.24) is 0 Å². The van der Waals surface area contributed by atoms with Gasteiger partial charge < -0.3 is 9.47 Å². The molecule has 1 saturated carbocycles. The van der Waals surface area contributed by atoms with Crippen LogP contribution in [0.15, 0.2) is 35.4 Å². The van der Waals surface area contributed by atoms with Crippen molar-refractivity contribution in [3.8, 4) is 0 Å². The average molecular weight is 469 g/mol. The summed E-state index contributed by atoms with van der Waals surface area (Å²) in [7, 11) is 0. The van der Waals surface area contributed by atoms with Crippen LogP contribution in [0.25, 0.3) is 0 Å². The van der Waals surface area contributed by atoms with Crippen molar-refractivity contribution in [2.45, 2.75) is 14.1 Å². The quantitative estimate of drug-likeness (QED) is 0.326. The van der Waals surface area contributed by atoms with Crippen molar-refractivity contribution in [3.05, 3.63) is 35.4 Å². The molecule has 0 spiro atoms. The average Bonchev–Trinajstić information content (AvgIpc) is 2.77. The molecule has 4 nitrogen and oxygen atoms in total. The first kappa shape index (κ1) is 21.2. The molecule has 4 atom stereocenters. The summed E-state index contributed by atoms with van der Waals surface area (Å²) in [5, 5.41) is -0.437. The van der Waals surface area contributed by atoms with Crippen molar-refractivity contribution < 1.29 is 19.1 Å². The van der Waals surface area contributed by atoms with Gasteiger partial charge >= 0.3 is 11.9 Å². The zero-order valence-corrected chi connectivity index (χ0v) is 17.1. The lowest BCUT2D eigenvalue weighted by Crippen LogP contribution is -2.46. The third-order valence-electron chi connectivity index (χ3n) is 4.13. The van der Waals surface area contributed by atoms with Gasteiger partial charge in [0.15, 0.2) is 4.33 Å². The topological polar surface area (TPSA) is 52.6 Å². The van der Waals surface area contributed by atoms with E-state index in [2.05, 4.69) is 13.2 Å². The predicted octanol–water partition coefficient (Wildman–Crippen LogP) is 4.52. The van der Waals surface area contributed by atoms with E-state index in [1.165, 1.54) is 12.2 Å². The number of carbonyl (C=O) groups is 2. The van der Waals surface area contributed by atoms with Crippen LogP contribution in [0.1, 0.15) is 0 Å². The van der Waals surface area contributed by atoms with E-state index < -0.39 is 37.9 Å². The van der Waals surface area contributed by atoms with Gasteiger partial charge in [0.25, 0.3) is 0 Å². The van der Waals surface area contributed by atoms with Crippen molar-refractivity contribution in [2.75, 3.05) is 13.2 Å². The van der Waals surface area contributed by atoms with Crippen LogP contribution in [0.3, 0.4) is 0 Å². The monoisotopic (exact) mass is 466 g/mol. The SMILES string of the molecule is C=CCOC(=O)[C@@H]1[C@@H](C(=O)OCC=C)[C@]2(Cl)C(Cl)=C(Cl)[C@]1(Cl)C2(Cl)Cl. The first-order valence-electron chi connectivity index (χ1n) is 6.90. The molecule has 2 aliphatic carbocycles. The molecule has 2 rings (SSSR count). The predicted molar refractivity (Wildman–Crippen MR) is 99.6 cm³/mol. The van der Waals surface area contributed by atoms with Crippen LogP contribution >= 0.6 is 69.6 Å². The van der Waals surface area contributed by atoms with Crippen LogP contribution < -0.4 is 0 Å². The third-order valence-corrected chi connectivity index (χ3v) is 8.39. The van der Waals surface area contributed by atoms with E-state index in [1.807, 2.05) is 0 Å². The lowest BCUT2D eigenvalue weighted by molar-refractivity contribution is -0.159. The summed E-state index contributed by atoms with van der Waals surface area (Å²) in [5.41, 5.74) is 0. The largest absolute Gasteiger partial charge is 0.461 e. The second kappa shape index (κ2) is 7.14. The molecule has 0 amide bonds. The summed E-state index contributed by atoms with van der Waals surface area (Å²) in [5.74, 6) is -4.61. The van der Waals surface area contributed by atoms with Crippen LogP contribution in [0, 0.1) is 11.8 Å². The van der Waals surface area contributed by atoms with E-state index in [-0.39, 0.29) is 23.3 Å². The van der Waals surface area contributed by atoms with Gasteiger partial charge in [0.2, 0.25) is 0 Å². The smallest absolute Gasteiger partial charge is 0.312 e. The third kappa shape index (κ3) is 2.64. The zero-order valence-electron chi connectivity index (χ0n) is 12.5. The second-order valence-corrected chi connectivity index (χ2v) is 8.69. The fourth-order valence-electron chi connectivity index (χ4n) is 3.04. The molecule has 0 unspecified atom stereocenters. The molecule has 0 aromatic carbocycles. The molecular formula is C15H12Cl6O4. The van der Waals surface area contributed by atoms with Crippen LogP contribution in [-0.4, -0.2) is 39.2 Å². The minimum absolute atomic E-state index is 0.126. The molecule has 0 radical (unpaired) electrons. The molecule has 0 aromatic rings. The Morgan fingerprint density at radius 2 is 1.20 bits per heavy atom. The zero-order chi connectivity index (χ0) is 19.2. The Kier molecular flexibility index (Phi) is 6.05. The number of ether oxygens (including phenoxy) is 2. The molecule has 0 heterocycles. The number of alkyl halides is 4. The number of carbonyl (C=O) groups excluding carboxylic acids is 2. The number of fused-ring (bicyclic) bond motifs is 2. The van der Waals surface area contributed by atoms with Gasteiger partial charge in [-0.15, -0.1) is 23.2 Å². The van der Waals surface area contributed by atoms with E-state index in [0.29, 0.717) is 0 Å². The van der Waals surface area contributed by atoms with Gasteiger partial charge in [-0.1, -0.05) is 71.7 Å². The standard InChI is InChI=1S/C15H12Cl6O4/c1-3-5-24-11(22)7-8(12(23)25-6-4-2)14(19)10(17)9(16)13(7,18)15(14,20)21/h3-4,7-8H,1-2,5-6H2/t7-,8-,13-,14-/m0/s1. The van der Waals surface area contributed by atoms with E-state index in [1.54, 1.807) is 0 Å². The highest BCUT2D eigenvalue weighted by molar-refractivity contribution is 6.66. The maximum absolute atomic E-state index is 12.6. The number of hydrogen-bond donors (Lipinski definition) is 0. The highest BCUT2D eigenvalue weighted by Gasteiger charge is 2.85. The Bertz CT molecular complexity index is 621. The summed E-state index contributed by atoms with van der Waals surface area (Å²) >= 11 is 38.3.